The van der Waals surface area contributed by atoms with E-state index in [0.29, 0.717) is 17.5 Å². The van der Waals surface area contributed by atoms with Crippen molar-refractivity contribution in [3.63, 3.8) is 0 Å². The van der Waals surface area contributed by atoms with Gasteiger partial charge in [0.05, 0.1) is 12.1 Å². The molecule has 0 bridgehead atoms. The Morgan fingerprint density at radius 1 is 1.07 bits per heavy atom. The van der Waals surface area contributed by atoms with Crippen molar-refractivity contribution in [1.29, 1.82) is 0 Å². The predicted octanol–water partition coefficient (Wildman–Crippen LogP) is 3.24. The Balaban J connectivity index is 1.81. The van der Waals surface area contributed by atoms with Crippen LogP contribution in [-0.4, -0.2) is 22.6 Å². The maximum absolute atomic E-state index is 12.7. The Bertz CT molecular complexity index is 936. The minimum absolute atomic E-state index is 0.0492. The van der Waals surface area contributed by atoms with E-state index in [2.05, 4.69) is 15.5 Å². The van der Waals surface area contributed by atoms with Gasteiger partial charge in [0.2, 0.25) is 11.8 Å². The van der Waals surface area contributed by atoms with Crippen LogP contribution in [0, 0.1) is 0 Å². The highest BCUT2D eigenvalue weighted by atomic mass is 19.4. The molecule has 0 aliphatic rings. The van der Waals surface area contributed by atoms with Gasteiger partial charge in [-0.2, -0.15) is 13.2 Å². The minimum Gasteiger partial charge on any atom is -0.403 e. The summed E-state index contributed by atoms with van der Waals surface area (Å²) in [6.07, 6.45) is -3.98. The molecule has 0 unspecified atom stereocenters. The van der Waals surface area contributed by atoms with E-state index in [9.17, 15) is 18.0 Å². The quantitative estimate of drug-likeness (QED) is 0.689. The number of aromatic nitrogens is 2. The normalized spacial score (nSPS) is 11.4. The van der Waals surface area contributed by atoms with Crippen LogP contribution >= 0.6 is 0 Å². The Morgan fingerprint density at radius 3 is 2.44 bits per heavy atom. The number of carbonyl (C=O) groups excluding carboxylic acids is 1. The Labute approximate surface area is 152 Å². The summed E-state index contributed by atoms with van der Waals surface area (Å²) in [5, 5.41) is 10.3. The molecule has 0 aliphatic heterocycles. The van der Waals surface area contributed by atoms with Crippen molar-refractivity contribution in [2.45, 2.75) is 12.6 Å². The van der Waals surface area contributed by atoms with Crippen molar-refractivity contribution < 1.29 is 22.4 Å². The molecule has 3 rings (SSSR count). The van der Waals surface area contributed by atoms with Crippen molar-refractivity contribution >= 4 is 11.9 Å². The van der Waals surface area contributed by atoms with Gasteiger partial charge in [-0.25, -0.2) is 0 Å². The second-order valence-corrected chi connectivity index (χ2v) is 5.76. The molecular weight excluding hydrogens is 361 g/mol. The van der Waals surface area contributed by atoms with Crippen LogP contribution in [-0.2, 0) is 17.4 Å². The van der Waals surface area contributed by atoms with E-state index in [4.69, 9.17) is 10.2 Å². The number of hydrogen-bond acceptors (Lipinski definition) is 5. The maximum atomic E-state index is 12.7. The number of nitrogens with one attached hydrogen (secondary N) is 1. The molecule has 0 spiro atoms. The fourth-order valence-electron chi connectivity index (χ4n) is 2.48. The molecule has 140 valence electrons. The third-order valence-corrected chi connectivity index (χ3v) is 3.76. The molecule has 0 saturated heterocycles. The molecule has 1 aromatic heterocycles. The van der Waals surface area contributed by atoms with Crippen molar-refractivity contribution in [3.8, 4) is 11.5 Å². The Hall–Kier alpha value is -3.36. The van der Waals surface area contributed by atoms with Crippen molar-refractivity contribution in [2.24, 2.45) is 5.73 Å². The number of nitrogens with zero attached hydrogens (tertiary/aromatic N) is 2. The second-order valence-electron chi connectivity index (χ2n) is 5.76. The number of anilines is 1. The average Bonchev–Trinajstić information content (AvgIpc) is 3.09. The van der Waals surface area contributed by atoms with Gasteiger partial charge in [0.1, 0.15) is 0 Å². The highest BCUT2D eigenvalue weighted by molar-refractivity contribution is 5.78. The van der Waals surface area contributed by atoms with Crippen LogP contribution in [0.2, 0.25) is 0 Å². The summed E-state index contributed by atoms with van der Waals surface area (Å²) in [5.74, 6) is -0.345. The third-order valence-electron chi connectivity index (χ3n) is 3.76. The molecule has 0 aliphatic carbocycles. The first-order chi connectivity index (χ1) is 12.8. The molecule has 2 aromatic carbocycles. The number of alkyl halides is 3. The molecule has 0 saturated carbocycles. The Morgan fingerprint density at radius 2 is 1.78 bits per heavy atom. The molecule has 1 amide bonds. The lowest BCUT2D eigenvalue weighted by atomic mass is 9.99. The summed E-state index contributed by atoms with van der Waals surface area (Å²) in [4.78, 5) is 10.8. The second kappa shape index (κ2) is 7.48. The van der Waals surface area contributed by atoms with E-state index in [1.807, 2.05) is 12.1 Å². The molecule has 6 nitrogen and oxygen atoms in total. The van der Waals surface area contributed by atoms with Gasteiger partial charge in [0.25, 0.3) is 0 Å². The van der Waals surface area contributed by atoms with Gasteiger partial charge >= 0.3 is 12.2 Å². The summed E-state index contributed by atoms with van der Waals surface area (Å²) in [6.45, 7) is -0.144. The van der Waals surface area contributed by atoms with Crippen LogP contribution in [0.1, 0.15) is 16.7 Å². The number of carbonyl (C=O) groups is 1. The fourth-order valence-corrected chi connectivity index (χ4v) is 2.48. The number of amides is 1. The molecule has 1 heterocycles. The van der Waals surface area contributed by atoms with Crippen LogP contribution in [0.25, 0.3) is 11.5 Å². The van der Waals surface area contributed by atoms with Gasteiger partial charge in [-0.3, -0.25) is 4.79 Å². The third kappa shape index (κ3) is 4.63. The number of benzene rings is 2. The zero-order chi connectivity index (χ0) is 19.4. The molecule has 27 heavy (non-hydrogen) atoms. The molecule has 0 radical (unpaired) electrons. The first-order valence-corrected chi connectivity index (χ1v) is 7.93. The largest absolute Gasteiger partial charge is 0.416 e. The highest BCUT2D eigenvalue weighted by Gasteiger charge is 2.29. The SMILES string of the molecule is NC(=O)CNc1nnc(-c2ccccc2Cc2ccc(C(F)(F)F)cc2)o1. The molecule has 0 fully saturated rings. The van der Waals surface area contributed by atoms with Crippen molar-refractivity contribution in [1.82, 2.24) is 10.2 Å². The lowest BCUT2D eigenvalue weighted by molar-refractivity contribution is -0.137. The predicted molar refractivity (Wildman–Crippen MR) is 91.7 cm³/mol. The molecule has 3 aromatic rings. The average molecular weight is 376 g/mol. The van der Waals surface area contributed by atoms with E-state index >= 15 is 0 Å². The molecule has 3 N–H and O–H groups in total. The summed E-state index contributed by atoms with van der Waals surface area (Å²) in [5.41, 5.74) is 6.52. The smallest absolute Gasteiger partial charge is 0.403 e. The summed E-state index contributed by atoms with van der Waals surface area (Å²) in [7, 11) is 0. The van der Waals surface area contributed by atoms with Crippen LogP contribution in [0.5, 0.6) is 0 Å². The number of primary amides is 1. The lowest BCUT2D eigenvalue weighted by Crippen LogP contribution is -2.21. The standard InChI is InChI=1S/C18H15F3N4O2/c19-18(20,21)13-7-5-11(6-8-13)9-12-3-1-2-4-14(12)16-24-25-17(27-16)23-10-15(22)26/h1-8H,9-10H2,(H2,22,26)(H,23,25). The number of halogens is 3. The minimum atomic E-state index is -4.37. The van der Waals surface area contributed by atoms with Crippen molar-refractivity contribution in [2.75, 3.05) is 11.9 Å². The van der Waals surface area contributed by atoms with Gasteiger partial charge < -0.3 is 15.5 Å². The number of hydrogen-bond donors (Lipinski definition) is 2. The van der Waals surface area contributed by atoms with Gasteiger partial charge in [-0.15, -0.1) is 5.10 Å². The first-order valence-electron chi connectivity index (χ1n) is 7.93. The highest BCUT2D eigenvalue weighted by Crippen LogP contribution is 2.30. The van der Waals surface area contributed by atoms with Crippen LogP contribution in [0.3, 0.4) is 0 Å². The van der Waals surface area contributed by atoms with Gasteiger partial charge in [0, 0.05) is 5.56 Å². The van der Waals surface area contributed by atoms with Crippen LogP contribution in [0.15, 0.2) is 52.9 Å². The Kier molecular flexibility index (Phi) is 5.11. The summed E-state index contributed by atoms with van der Waals surface area (Å²) in [6, 6.07) is 12.2. The van der Waals surface area contributed by atoms with E-state index in [1.54, 1.807) is 12.1 Å². The van der Waals surface area contributed by atoms with Crippen LogP contribution in [0.4, 0.5) is 19.2 Å². The van der Waals surface area contributed by atoms with E-state index in [1.165, 1.54) is 12.1 Å². The van der Waals surface area contributed by atoms with Crippen LogP contribution < -0.4 is 11.1 Å². The zero-order valence-corrected chi connectivity index (χ0v) is 14.0. The van der Waals surface area contributed by atoms with E-state index in [-0.39, 0.29) is 18.5 Å². The first kappa shape index (κ1) is 18.4. The van der Waals surface area contributed by atoms with E-state index in [0.717, 1.165) is 17.7 Å². The zero-order valence-electron chi connectivity index (χ0n) is 14.0. The molecule has 0 atom stereocenters. The fraction of sp³-hybridized carbons (Fsp3) is 0.167. The summed E-state index contributed by atoms with van der Waals surface area (Å²) < 4.78 is 43.5. The monoisotopic (exact) mass is 376 g/mol. The van der Waals surface area contributed by atoms with Gasteiger partial charge in [-0.05, 0) is 35.7 Å². The molecule has 9 heteroatoms. The number of rotatable bonds is 6. The topological polar surface area (TPSA) is 94.0 Å². The van der Waals surface area contributed by atoms with E-state index < -0.39 is 17.6 Å². The van der Waals surface area contributed by atoms with Crippen molar-refractivity contribution in [3.05, 3.63) is 65.2 Å². The molecular formula is C18H15F3N4O2. The number of nitrogens with two attached hydrogens (primary N) is 1. The summed E-state index contributed by atoms with van der Waals surface area (Å²) >= 11 is 0. The van der Waals surface area contributed by atoms with Gasteiger partial charge in [-0.1, -0.05) is 35.4 Å². The van der Waals surface area contributed by atoms with Gasteiger partial charge in [0.15, 0.2) is 0 Å². The lowest BCUT2D eigenvalue weighted by Gasteiger charge is -2.09. The maximum Gasteiger partial charge on any atom is 0.416 e.